The standard InChI is InChI=1S/C20H20F3NO3/c1-27-17-7-2-4-14(12-17)18(25)24-10-8-19(26,9-11-24)15-5-3-6-16(13-15)20(21,22)23/h2-7,12-13,26H,8-11H2,1H3. The molecule has 7 heteroatoms. The summed E-state index contributed by atoms with van der Waals surface area (Å²) < 4.78 is 43.9. The first kappa shape index (κ1) is 19.2. The number of hydrogen-bond acceptors (Lipinski definition) is 3. The van der Waals surface area contributed by atoms with Gasteiger partial charge in [-0.2, -0.15) is 13.2 Å². The van der Waals surface area contributed by atoms with E-state index in [0.717, 1.165) is 12.1 Å². The highest BCUT2D eigenvalue weighted by atomic mass is 19.4. The molecule has 144 valence electrons. The fraction of sp³-hybridized carbons (Fsp3) is 0.350. The van der Waals surface area contributed by atoms with Gasteiger partial charge in [0.15, 0.2) is 0 Å². The lowest BCUT2D eigenvalue weighted by Gasteiger charge is -2.38. The number of halogens is 3. The Morgan fingerprint density at radius 1 is 1.11 bits per heavy atom. The van der Waals surface area contributed by atoms with E-state index in [-0.39, 0.29) is 37.4 Å². The molecule has 4 nitrogen and oxygen atoms in total. The minimum Gasteiger partial charge on any atom is -0.497 e. The molecule has 1 aliphatic heterocycles. The normalized spacial score (nSPS) is 16.9. The summed E-state index contributed by atoms with van der Waals surface area (Å²) >= 11 is 0. The molecular weight excluding hydrogens is 359 g/mol. The minimum absolute atomic E-state index is 0.171. The molecule has 1 N–H and O–H groups in total. The zero-order valence-corrected chi connectivity index (χ0v) is 14.8. The minimum atomic E-state index is -4.46. The fourth-order valence-electron chi connectivity index (χ4n) is 3.29. The molecule has 1 heterocycles. The molecule has 2 aromatic rings. The number of nitrogens with zero attached hydrogens (tertiary/aromatic N) is 1. The Labute approximate surface area is 155 Å². The van der Waals surface area contributed by atoms with E-state index in [1.165, 1.54) is 19.2 Å². The zero-order valence-electron chi connectivity index (χ0n) is 14.8. The van der Waals surface area contributed by atoms with Gasteiger partial charge in [0.2, 0.25) is 0 Å². The van der Waals surface area contributed by atoms with Crippen molar-refractivity contribution in [2.75, 3.05) is 20.2 Å². The number of carbonyl (C=O) groups excluding carboxylic acids is 1. The second-order valence-corrected chi connectivity index (χ2v) is 6.63. The van der Waals surface area contributed by atoms with E-state index in [4.69, 9.17) is 4.74 Å². The van der Waals surface area contributed by atoms with Crippen LogP contribution in [-0.4, -0.2) is 36.1 Å². The molecular formula is C20H20F3NO3. The van der Waals surface area contributed by atoms with Crippen molar-refractivity contribution in [3.05, 3.63) is 65.2 Å². The number of alkyl halides is 3. The maximum atomic E-state index is 12.9. The molecule has 1 aliphatic rings. The molecule has 3 rings (SSSR count). The smallest absolute Gasteiger partial charge is 0.416 e. The van der Waals surface area contributed by atoms with Crippen molar-refractivity contribution < 1.29 is 27.8 Å². The maximum absolute atomic E-state index is 12.9. The van der Waals surface area contributed by atoms with E-state index < -0.39 is 17.3 Å². The fourth-order valence-corrected chi connectivity index (χ4v) is 3.29. The summed E-state index contributed by atoms with van der Waals surface area (Å²) in [6.45, 7) is 0.506. The van der Waals surface area contributed by atoms with E-state index in [2.05, 4.69) is 0 Å². The highest BCUT2D eigenvalue weighted by Gasteiger charge is 2.38. The van der Waals surface area contributed by atoms with Crippen LogP contribution in [0, 0.1) is 0 Å². The van der Waals surface area contributed by atoms with Crippen LogP contribution >= 0.6 is 0 Å². The van der Waals surface area contributed by atoms with Crippen molar-refractivity contribution in [1.29, 1.82) is 0 Å². The summed E-state index contributed by atoms with van der Waals surface area (Å²) in [7, 11) is 1.51. The quantitative estimate of drug-likeness (QED) is 0.882. The molecule has 2 aromatic carbocycles. The first-order chi connectivity index (χ1) is 12.7. The molecule has 0 unspecified atom stereocenters. The van der Waals surface area contributed by atoms with Crippen LogP contribution < -0.4 is 4.74 Å². The van der Waals surface area contributed by atoms with Gasteiger partial charge < -0.3 is 14.7 Å². The van der Waals surface area contributed by atoms with Gasteiger partial charge in [0.1, 0.15) is 5.75 Å². The van der Waals surface area contributed by atoms with E-state index in [9.17, 15) is 23.1 Å². The van der Waals surface area contributed by atoms with Crippen LogP contribution in [0.2, 0.25) is 0 Å². The molecule has 0 aromatic heterocycles. The first-order valence-corrected chi connectivity index (χ1v) is 8.56. The number of likely N-dealkylation sites (tertiary alicyclic amines) is 1. The second kappa shape index (κ2) is 7.23. The van der Waals surface area contributed by atoms with Crippen LogP contribution in [0.1, 0.15) is 34.3 Å². The molecule has 1 amide bonds. The average molecular weight is 379 g/mol. The molecule has 0 bridgehead atoms. The molecule has 27 heavy (non-hydrogen) atoms. The van der Waals surface area contributed by atoms with Crippen LogP contribution in [0.15, 0.2) is 48.5 Å². The third-order valence-corrected chi connectivity index (χ3v) is 4.92. The molecule has 0 saturated carbocycles. The second-order valence-electron chi connectivity index (χ2n) is 6.63. The first-order valence-electron chi connectivity index (χ1n) is 8.56. The van der Waals surface area contributed by atoms with Crippen molar-refractivity contribution in [1.82, 2.24) is 4.90 Å². The summed E-state index contributed by atoms with van der Waals surface area (Å²) in [4.78, 5) is 14.2. The van der Waals surface area contributed by atoms with Crippen LogP contribution in [-0.2, 0) is 11.8 Å². The molecule has 1 fully saturated rings. The molecule has 1 saturated heterocycles. The van der Waals surface area contributed by atoms with Gasteiger partial charge in [-0.3, -0.25) is 4.79 Å². The van der Waals surface area contributed by atoms with E-state index in [0.29, 0.717) is 11.3 Å². The number of ether oxygens (including phenoxy) is 1. The van der Waals surface area contributed by atoms with Gasteiger partial charge >= 0.3 is 6.18 Å². The van der Waals surface area contributed by atoms with Crippen molar-refractivity contribution >= 4 is 5.91 Å². The highest BCUT2D eigenvalue weighted by molar-refractivity contribution is 5.94. The lowest BCUT2D eigenvalue weighted by molar-refractivity contribution is -0.137. The summed E-state index contributed by atoms with van der Waals surface area (Å²) in [6, 6.07) is 11.5. The van der Waals surface area contributed by atoms with Crippen molar-refractivity contribution in [3.63, 3.8) is 0 Å². The SMILES string of the molecule is COc1cccc(C(=O)N2CCC(O)(c3cccc(C(F)(F)F)c3)CC2)c1. The number of hydrogen-bond donors (Lipinski definition) is 1. The third-order valence-electron chi connectivity index (χ3n) is 4.92. The predicted octanol–water partition coefficient (Wildman–Crippen LogP) is 3.84. The highest BCUT2D eigenvalue weighted by Crippen LogP contribution is 2.37. The Morgan fingerprint density at radius 3 is 2.41 bits per heavy atom. The number of benzene rings is 2. The van der Waals surface area contributed by atoms with Crippen molar-refractivity contribution in [2.24, 2.45) is 0 Å². The largest absolute Gasteiger partial charge is 0.497 e. The van der Waals surface area contributed by atoms with Crippen molar-refractivity contribution in [2.45, 2.75) is 24.6 Å². The maximum Gasteiger partial charge on any atom is 0.416 e. The predicted molar refractivity (Wildman–Crippen MR) is 93.5 cm³/mol. The van der Waals surface area contributed by atoms with E-state index in [1.807, 2.05) is 0 Å². The summed E-state index contributed by atoms with van der Waals surface area (Å²) in [5.74, 6) is 0.373. The van der Waals surface area contributed by atoms with Gasteiger partial charge in [0.25, 0.3) is 5.91 Å². The lowest BCUT2D eigenvalue weighted by Crippen LogP contribution is -2.45. The van der Waals surface area contributed by atoms with Crippen LogP contribution in [0.3, 0.4) is 0 Å². The summed E-state index contributed by atoms with van der Waals surface area (Å²) in [5.41, 5.74) is -1.47. The Morgan fingerprint density at radius 2 is 1.78 bits per heavy atom. The van der Waals surface area contributed by atoms with Gasteiger partial charge in [-0.05, 0) is 48.7 Å². The zero-order chi connectivity index (χ0) is 19.7. The molecule has 0 aliphatic carbocycles. The van der Waals surface area contributed by atoms with Crippen molar-refractivity contribution in [3.8, 4) is 5.75 Å². The molecule has 0 spiro atoms. The monoisotopic (exact) mass is 379 g/mol. The van der Waals surface area contributed by atoms with Gasteiger partial charge in [-0.25, -0.2) is 0 Å². The number of rotatable bonds is 3. The Bertz CT molecular complexity index is 827. The number of aliphatic hydroxyl groups is 1. The van der Waals surface area contributed by atoms with Gasteiger partial charge in [0, 0.05) is 18.7 Å². The third kappa shape index (κ3) is 4.08. The Hall–Kier alpha value is -2.54. The number of methoxy groups -OCH3 is 1. The topological polar surface area (TPSA) is 49.8 Å². The van der Waals surface area contributed by atoms with Gasteiger partial charge in [-0.1, -0.05) is 18.2 Å². The Balaban J connectivity index is 1.73. The number of amides is 1. The van der Waals surface area contributed by atoms with Gasteiger partial charge in [-0.15, -0.1) is 0 Å². The number of carbonyl (C=O) groups is 1. The summed E-state index contributed by atoms with van der Waals surface area (Å²) in [5, 5.41) is 10.9. The van der Waals surface area contributed by atoms with Crippen LogP contribution in [0.25, 0.3) is 0 Å². The molecule has 0 radical (unpaired) electrons. The lowest BCUT2D eigenvalue weighted by atomic mass is 9.83. The Kier molecular flexibility index (Phi) is 5.15. The summed E-state index contributed by atoms with van der Waals surface area (Å²) in [6.07, 6.45) is -4.12. The number of piperidine rings is 1. The van der Waals surface area contributed by atoms with Crippen LogP contribution in [0.4, 0.5) is 13.2 Å². The average Bonchev–Trinajstić information content (AvgIpc) is 2.67. The van der Waals surface area contributed by atoms with E-state index in [1.54, 1.807) is 29.2 Å². The van der Waals surface area contributed by atoms with Gasteiger partial charge in [0.05, 0.1) is 18.3 Å². The van der Waals surface area contributed by atoms with Crippen LogP contribution in [0.5, 0.6) is 5.75 Å². The van der Waals surface area contributed by atoms with E-state index >= 15 is 0 Å². The molecule has 0 atom stereocenters.